The van der Waals surface area contributed by atoms with E-state index in [1.807, 2.05) is 0 Å². The molecule has 0 amide bonds. The molecular weight excluding hydrogens is 305 g/mol. The van der Waals surface area contributed by atoms with Gasteiger partial charge >= 0.3 is 0 Å². The first-order chi connectivity index (χ1) is 6.60. The van der Waals surface area contributed by atoms with Gasteiger partial charge in [0, 0.05) is 5.56 Å². The van der Waals surface area contributed by atoms with Gasteiger partial charge in [0.05, 0.1) is 3.57 Å². The number of nitrogens with zero attached hydrogens (tertiary/aromatic N) is 2. The molecule has 0 fully saturated rings. The minimum Gasteiger partial charge on any atom is -0.296 e. The van der Waals surface area contributed by atoms with Crippen LogP contribution in [0.15, 0.2) is 6.07 Å². The molecule has 0 saturated heterocycles. The molecule has 0 aliphatic heterocycles. The number of carbonyl (C=O) groups excluding carboxylic acids is 1. The molecular formula is C8H3F2IN2O. The molecule has 14 heavy (non-hydrogen) atoms. The average Bonchev–Trinajstić information content (AvgIpc) is 2.17. The number of hydrogen-bond acceptors (Lipinski definition) is 3. The van der Waals surface area contributed by atoms with Crippen LogP contribution in [-0.2, 0) is 0 Å². The van der Waals surface area contributed by atoms with Gasteiger partial charge in [0.2, 0.25) is 0 Å². The molecule has 0 spiro atoms. The van der Waals surface area contributed by atoms with Crippen molar-refractivity contribution < 1.29 is 13.6 Å². The van der Waals surface area contributed by atoms with Gasteiger partial charge in [-0.1, -0.05) is 0 Å². The molecule has 1 aromatic rings. The lowest BCUT2D eigenvalue weighted by molar-refractivity contribution is 0.110. The maximum absolute atomic E-state index is 12.3. The topological polar surface area (TPSA) is 53.8 Å². The van der Waals surface area contributed by atoms with Gasteiger partial charge in [-0.05, 0) is 28.7 Å². The zero-order valence-corrected chi connectivity index (χ0v) is 8.83. The second-order valence-corrected chi connectivity index (χ2v) is 3.49. The number of carbonyl (C=O) groups is 1. The van der Waals surface area contributed by atoms with E-state index in [0.717, 1.165) is 6.07 Å². The Morgan fingerprint density at radius 3 is 2.71 bits per heavy atom. The third-order valence-electron chi connectivity index (χ3n) is 1.49. The molecule has 1 rings (SSSR count). The Balaban J connectivity index is 3.40. The van der Waals surface area contributed by atoms with Crippen LogP contribution in [0.5, 0.6) is 0 Å². The molecule has 0 N–H and O–H groups in total. The Labute approximate surface area is 91.9 Å². The summed E-state index contributed by atoms with van der Waals surface area (Å²) in [5.41, 5.74) is -0.836. The largest absolute Gasteiger partial charge is 0.296 e. The van der Waals surface area contributed by atoms with Crippen LogP contribution in [-0.4, -0.2) is 11.3 Å². The summed E-state index contributed by atoms with van der Waals surface area (Å²) >= 11 is 1.72. The average molecular weight is 308 g/mol. The molecule has 0 radical (unpaired) electrons. The lowest BCUT2D eigenvalue weighted by atomic mass is 10.2. The van der Waals surface area contributed by atoms with Crippen molar-refractivity contribution in [1.29, 1.82) is 5.26 Å². The fourth-order valence-electron chi connectivity index (χ4n) is 0.865. The molecule has 1 aromatic heterocycles. The minimum atomic E-state index is -2.76. The second-order valence-electron chi connectivity index (χ2n) is 2.32. The number of rotatable bonds is 2. The normalized spacial score (nSPS) is 9.93. The molecule has 0 aliphatic rings. The van der Waals surface area contributed by atoms with Crippen molar-refractivity contribution >= 4 is 28.9 Å². The van der Waals surface area contributed by atoms with Crippen molar-refractivity contribution in [3.05, 3.63) is 26.6 Å². The summed E-state index contributed by atoms with van der Waals surface area (Å²) in [6, 6.07) is 2.81. The van der Waals surface area contributed by atoms with Gasteiger partial charge in [0.15, 0.2) is 12.0 Å². The van der Waals surface area contributed by atoms with Crippen LogP contribution in [0.2, 0.25) is 0 Å². The highest BCUT2D eigenvalue weighted by molar-refractivity contribution is 14.1. The number of nitriles is 1. The van der Waals surface area contributed by atoms with Crippen molar-refractivity contribution in [1.82, 2.24) is 4.98 Å². The molecule has 0 unspecified atom stereocenters. The van der Waals surface area contributed by atoms with Gasteiger partial charge in [0.25, 0.3) is 6.43 Å². The molecule has 0 aromatic carbocycles. The molecule has 0 atom stereocenters. The lowest BCUT2D eigenvalue weighted by Crippen LogP contribution is -2.01. The van der Waals surface area contributed by atoms with Crippen LogP contribution < -0.4 is 0 Å². The highest BCUT2D eigenvalue weighted by Gasteiger charge is 2.16. The third kappa shape index (κ3) is 2.04. The molecule has 0 aliphatic carbocycles. The smallest absolute Gasteiger partial charge is 0.266 e. The van der Waals surface area contributed by atoms with E-state index in [1.54, 1.807) is 28.7 Å². The van der Waals surface area contributed by atoms with E-state index < -0.39 is 12.0 Å². The first-order valence-corrected chi connectivity index (χ1v) is 4.52. The lowest BCUT2D eigenvalue weighted by Gasteiger charge is -2.04. The van der Waals surface area contributed by atoms with Crippen LogP contribution in [0.3, 0.4) is 0 Å². The monoisotopic (exact) mass is 308 g/mol. The Morgan fingerprint density at radius 1 is 1.64 bits per heavy atom. The van der Waals surface area contributed by atoms with Crippen LogP contribution in [0.25, 0.3) is 0 Å². The number of pyridine rings is 1. The molecule has 6 heteroatoms. The zero-order chi connectivity index (χ0) is 10.7. The van der Waals surface area contributed by atoms with Gasteiger partial charge in [-0.15, -0.1) is 0 Å². The van der Waals surface area contributed by atoms with Crippen LogP contribution in [0.4, 0.5) is 8.78 Å². The SMILES string of the molecule is N#Cc1nc(C=O)c(C(F)F)cc1I. The Hall–Kier alpha value is -1.10. The van der Waals surface area contributed by atoms with E-state index in [2.05, 4.69) is 4.98 Å². The van der Waals surface area contributed by atoms with Gasteiger partial charge in [-0.25, -0.2) is 13.8 Å². The minimum absolute atomic E-state index is 0.0166. The zero-order valence-electron chi connectivity index (χ0n) is 6.67. The highest BCUT2D eigenvalue weighted by atomic mass is 127. The predicted molar refractivity (Wildman–Crippen MR) is 52.0 cm³/mol. The van der Waals surface area contributed by atoms with Crippen molar-refractivity contribution in [2.24, 2.45) is 0 Å². The summed E-state index contributed by atoms with van der Waals surface area (Å²) in [5, 5.41) is 8.55. The number of halogens is 3. The fraction of sp³-hybridized carbons (Fsp3) is 0.125. The number of alkyl halides is 2. The van der Waals surface area contributed by atoms with E-state index in [0.29, 0.717) is 3.57 Å². The summed E-state index contributed by atoms with van der Waals surface area (Å²) < 4.78 is 25.0. The number of aldehydes is 1. The molecule has 1 heterocycles. The molecule has 72 valence electrons. The Morgan fingerprint density at radius 2 is 2.29 bits per heavy atom. The highest BCUT2D eigenvalue weighted by Crippen LogP contribution is 2.23. The molecule has 0 bridgehead atoms. The van der Waals surface area contributed by atoms with Crippen LogP contribution in [0.1, 0.15) is 28.2 Å². The van der Waals surface area contributed by atoms with Crippen molar-refractivity contribution in [3.63, 3.8) is 0 Å². The summed E-state index contributed by atoms with van der Waals surface area (Å²) in [7, 11) is 0. The van der Waals surface area contributed by atoms with E-state index in [9.17, 15) is 13.6 Å². The van der Waals surface area contributed by atoms with Crippen molar-refractivity contribution in [3.8, 4) is 6.07 Å². The van der Waals surface area contributed by atoms with Gasteiger partial charge in [0.1, 0.15) is 11.8 Å². The van der Waals surface area contributed by atoms with Crippen LogP contribution >= 0.6 is 22.6 Å². The third-order valence-corrected chi connectivity index (χ3v) is 2.31. The molecule has 0 saturated carbocycles. The first-order valence-electron chi connectivity index (χ1n) is 3.44. The van der Waals surface area contributed by atoms with Gasteiger partial charge in [-0.3, -0.25) is 4.79 Å². The summed E-state index contributed by atoms with van der Waals surface area (Å²) in [4.78, 5) is 13.9. The predicted octanol–water partition coefficient (Wildman–Crippen LogP) is 2.31. The summed E-state index contributed by atoms with van der Waals surface area (Å²) in [5.74, 6) is 0. The van der Waals surface area contributed by atoms with Crippen molar-refractivity contribution in [2.75, 3.05) is 0 Å². The van der Waals surface area contributed by atoms with E-state index in [-0.39, 0.29) is 17.7 Å². The maximum Gasteiger partial charge on any atom is 0.266 e. The number of hydrogen-bond donors (Lipinski definition) is 0. The Kier molecular flexibility index (Phi) is 3.46. The number of aromatic nitrogens is 1. The van der Waals surface area contributed by atoms with Crippen LogP contribution in [0, 0.1) is 14.9 Å². The summed E-state index contributed by atoms with van der Waals surface area (Å²) in [6.07, 6.45) is -2.54. The van der Waals surface area contributed by atoms with Gasteiger partial charge in [-0.2, -0.15) is 5.26 Å². The maximum atomic E-state index is 12.3. The van der Waals surface area contributed by atoms with Crippen molar-refractivity contribution in [2.45, 2.75) is 6.43 Å². The standard InChI is InChI=1S/C8H3F2IN2O/c9-8(10)4-1-5(11)6(2-12)13-7(4)3-14/h1,3,8H. The van der Waals surface area contributed by atoms with E-state index in [4.69, 9.17) is 5.26 Å². The quantitative estimate of drug-likeness (QED) is 0.622. The van der Waals surface area contributed by atoms with Gasteiger partial charge < -0.3 is 0 Å². The van der Waals surface area contributed by atoms with E-state index >= 15 is 0 Å². The fourth-order valence-corrected chi connectivity index (χ4v) is 1.44. The summed E-state index contributed by atoms with van der Waals surface area (Å²) in [6.45, 7) is 0. The van der Waals surface area contributed by atoms with E-state index in [1.165, 1.54) is 0 Å². The molecule has 3 nitrogen and oxygen atoms in total. The first kappa shape index (κ1) is 11.0. The second kappa shape index (κ2) is 4.41. The Bertz CT molecular complexity index is 415.